The molecule has 0 spiro atoms. The first-order valence-electron chi connectivity index (χ1n) is 7.28. The van der Waals surface area contributed by atoms with Crippen molar-refractivity contribution >= 4 is 44.1 Å². The van der Waals surface area contributed by atoms with E-state index in [9.17, 15) is 0 Å². The van der Waals surface area contributed by atoms with Gasteiger partial charge >= 0.3 is 6.75 Å². The van der Waals surface area contributed by atoms with Crippen LogP contribution in [0.2, 0.25) is 0 Å². The van der Waals surface area contributed by atoms with Gasteiger partial charge in [0.05, 0.1) is 0 Å². The molecule has 0 radical (unpaired) electrons. The third-order valence-electron chi connectivity index (χ3n) is 2.69. The number of benzene rings is 1. The van der Waals surface area contributed by atoms with Crippen molar-refractivity contribution in [3.63, 3.8) is 0 Å². The summed E-state index contributed by atoms with van der Waals surface area (Å²) in [5, 5.41) is 0. The minimum atomic E-state index is -2.04. The largest absolute Gasteiger partial charge is 0.539 e. The van der Waals surface area contributed by atoms with Crippen LogP contribution in [0.15, 0.2) is 27.1 Å². The average molecular weight is 423 g/mol. The van der Waals surface area contributed by atoms with Gasteiger partial charge in [0.1, 0.15) is 0 Å². The van der Waals surface area contributed by atoms with Gasteiger partial charge in [0.2, 0.25) is 0 Å². The molecule has 21 heavy (non-hydrogen) atoms. The van der Waals surface area contributed by atoms with Crippen LogP contribution in [-0.4, -0.2) is 25.1 Å². The lowest BCUT2D eigenvalue weighted by Crippen LogP contribution is -2.60. The van der Waals surface area contributed by atoms with Gasteiger partial charge in [-0.1, -0.05) is 37.9 Å². The summed E-state index contributed by atoms with van der Waals surface area (Å²) in [5.74, 6) is 0. The van der Waals surface area contributed by atoms with E-state index in [0.29, 0.717) is 0 Å². The van der Waals surface area contributed by atoms with Crippen LogP contribution in [0, 0.1) is 0 Å². The summed E-state index contributed by atoms with van der Waals surface area (Å²) < 4.78 is 20.3. The summed E-state index contributed by atoms with van der Waals surface area (Å²) >= 11 is 7.10. The van der Waals surface area contributed by atoms with Crippen molar-refractivity contribution in [1.82, 2.24) is 0 Å². The minimum absolute atomic E-state index is 0.0200. The van der Waals surface area contributed by atoms with E-state index >= 15 is 0 Å². The molecule has 0 aliphatic carbocycles. The minimum Gasteiger partial charge on any atom is -0.539 e. The number of hydrogen-bond acceptors (Lipinski definition) is 3. The highest BCUT2D eigenvalue weighted by Crippen LogP contribution is 2.24. The molecule has 0 N–H and O–H groups in total. The zero-order valence-corrected chi connectivity index (χ0v) is 16.7. The maximum Gasteiger partial charge on any atom is 0.411 e. The smallest absolute Gasteiger partial charge is 0.411 e. The summed E-state index contributed by atoms with van der Waals surface area (Å²) in [5.41, 5.74) is 0.875. The summed E-state index contributed by atoms with van der Waals surface area (Å²) in [6.07, 6.45) is -0.0601. The second-order valence-electron chi connectivity index (χ2n) is 5.86. The normalized spacial score (nSPS) is 12.7. The van der Waals surface area contributed by atoms with Gasteiger partial charge in [0, 0.05) is 22.8 Å². The molecular weight excluding hydrogens is 399 g/mol. The van der Waals surface area contributed by atoms with Crippen molar-refractivity contribution in [3.8, 4) is 0 Å². The molecule has 0 unspecified atom stereocenters. The molecule has 120 valence electrons. The Morgan fingerprint density at radius 2 is 1.24 bits per heavy atom. The molecule has 6 heteroatoms. The van der Waals surface area contributed by atoms with Crippen molar-refractivity contribution in [3.05, 3.63) is 27.1 Å². The predicted octanol–water partition coefficient (Wildman–Crippen LogP) is 4.63. The van der Waals surface area contributed by atoms with Crippen molar-refractivity contribution in [2.45, 2.75) is 59.9 Å². The standard InChI is InChI=1S/C15H24BBr2O3/c1-10(2)19-16(20-11(3)4,21-12(5)6)14-9-13(17)7-8-15(14)18/h7-12H,1-6H3/q-1. The molecule has 3 nitrogen and oxygen atoms in total. The number of hydrogen-bond donors (Lipinski definition) is 0. The lowest BCUT2D eigenvalue weighted by Gasteiger charge is -2.47. The summed E-state index contributed by atoms with van der Waals surface area (Å²) in [6, 6.07) is 5.92. The fourth-order valence-electron chi connectivity index (χ4n) is 2.18. The van der Waals surface area contributed by atoms with Crippen LogP contribution < -0.4 is 5.46 Å². The first kappa shape index (κ1) is 19.2. The Hall–Kier alpha value is 0.125. The predicted molar refractivity (Wildman–Crippen MR) is 95.9 cm³/mol. The molecular formula is C15H24BBr2O3-. The quantitative estimate of drug-likeness (QED) is 0.599. The van der Waals surface area contributed by atoms with Crippen molar-refractivity contribution in [2.24, 2.45) is 0 Å². The molecule has 0 atom stereocenters. The maximum atomic E-state index is 6.15. The van der Waals surface area contributed by atoms with Gasteiger partial charge in [-0.15, -0.1) is 5.46 Å². The van der Waals surface area contributed by atoms with Gasteiger partial charge < -0.3 is 14.0 Å². The molecule has 1 aromatic rings. The van der Waals surface area contributed by atoms with Crippen molar-refractivity contribution in [2.75, 3.05) is 0 Å². The zero-order chi connectivity index (χ0) is 16.2. The molecule has 0 aliphatic heterocycles. The third-order valence-corrected chi connectivity index (χ3v) is 3.91. The maximum absolute atomic E-state index is 6.15. The van der Waals surface area contributed by atoms with Gasteiger partial charge in [-0.3, -0.25) is 0 Å². The van der Waals surface area contributed by atoms with Crippen LogP contribution in [0.25, 0.3) is 0 Å². The second-order valence-corrected chi connectivity index (χ2v) is 7.63. The first-order valence-corrected chi connectivity index (χ1v) is 8.87. The molecule has 1 rings (SSSR count). The number of rotatable bonds is 7. The summed E-state index contributed by atoms with van der Waals surface area (Å²) in [6.45, 7) is 9.85. The van der Waals surface area contributed by atoms with Gasteiger partial charge in [-0.2, -0.15) is 0 Å². The lowest BCUT2D eigenvalue weighted by molar-refractivity contribution is 0.0152. The molecule has 0 fully saturated rings. The topological polar surface area (TPSA) is 27.7 Å². The molecule has 1 aromatic carbocycles. The van der Waals surface area contributed by atoms with E-state index in [4.69, 9.17) is 14.0 Å². The van der Waals surface area contributed by atoms with Crippen molar-refractivity contribution in [1.29, 1.82) is 0 Å². The lowest BCUT2D eigenvalue weighted by atomic mass is 9.68. The Morgan fingerprint density at radius 1 is 0.810 bits per heavy atom. The Bertz CT molecular complexity index is 438. The second kappa shape index (κ2) is 8.11. The van der Waals surface area contributed by atoms with Gasteiger partial charge in [0.25, 0.3) is 0 Å². The fourth-order valence-corrected chi connectivity index (χ4v) is 3.08. The Kier molecular flexibility index (Phi) is 7.41. The number of halogens is 2. The Balaban J connectivity index is 3.40. The highest BCUT2D eigenvalue weighted by molar-refractivity contribution is 9.11. The van der Waals surface area contributed by atoms with E-state index in [1.165, 1.54) is 0 Å². The Labute approximate surface area is 145 Å². The molecule has 0 aliphatic rings. The van der Waals surface area contributed by atoms with Crippen LogP contribution in [0.5, 0.6) is 0 Å². The van der Waals surface area contributed by atoms with E-state index in [0.717, 1.165) is 14.4 Å². The summed E-state index contributed by atoms with van der Waals surface area (Å²) in [7, 11) is 0. The zero-order valence-electron chi connectivity index (χ0n) is 13.5. The van der Waals surface area contributed by atoms with E-state index in [2.05, 4.69) is 31.9 Å². The average Bonchev–Trinajstić information content (AvgIpc) is 2.29. The van der Waals surface area contributed by atoms with Gasteiger partial charge in [0.15, 0.2) is 0 Å². The van der Waals surface area contributed by atoms with Gasteiger partial charge in [-0.05, 0) is 58.1 Å². The molecule has 0 amide bonds. The van der Waals surface area contributed by atoms with E-state index in [1.54, 1.807) is 0 Å². The molecule has 0 saturated carbocycles. The van der Waals surface area contributed by atoms with Crippen LogP contribution >= 0.6 is 31.9 Å². The molecule has 0 bridgehead atoms. The van der Waals surface area contributed by atoms with E-state index < -0.39 is 6.75 Å². The van der Waals surface area contributed by atoms with E-state index in [-0.39, 0.29) is 18.3 Å². The Morgan fingerprint density at radius 3 is 1.62 bits per heavy atom. The molecule has 0 saturated heterocycles. The van der Waals surface area contributed by atoms with Crippen LogP contribution in [-0.2, 0) is 14.0 Å². The highest BCUT2D eigenvalue weighted by Gasteiger charge is 2.36. The highest BCUT2D eigenvalue weighted by atomic mass is 79.9. The molecule has 0 aromatic heterocycles. The van der Waals surface area contributed by atoms with Crippen LogP contribution in [0.3, 0.4) is 0 Å². The molecule has 0 heterocycles. The third kappa shape index (κ3) is 5.68. The fraction of sp³-hybridized carbons (Fsp3) is 0.600. The first-order chi connectivity index (χ1) is 9.66. The SMILES string of the molecule is CC(C)O[B-](OC(C)C)(OC(C)C)c1cc(Br)ccc1Br. The van der Waals surface area contributed by atoms with Gasteiger partial charge in [-0.25, -0.2) is 0 Å². The van der Waals surface area contributed by atoms with Crippen molar-refractivity contribution < 1.29 is 14.0 Å². The van der Waals surface area contributed by atoms with E-state index in [1.807, 2.05) is 59.7 Å². The van der Waals surface area contributed by atoms with Crippen LogP contribution in [0.4, 0.5) is 0 Å². The summed E-state index contributed by atoms with van der Waals surface area (Å²) in [4.78, 5) is 0. The monoisotopic (exact) mass is 421 g/mol. The van der Waals surface area contributed by atoms with Crippen LogP contribution in [0.1, 0.15) is 41.5 Å².